The molecule has 0 saturated heterocycles. The zero-order valence-electron chi connectivity index (χ0n) is 8.90. The topological polar surface area (TPSA) is 47.8 Å². The lowest BCUT2D eigenvalue weighted by Gasteiger charge is -1.99. The third kappa shape index (κ3) is 1.94. The summed E-state index contributed by atoms with van der Waals surface area (Å²) >= 11 is 4.63. The molecular formula is C10H10BrN3OS. The van der Waals surface area contributed by atoms with Crippen LogP contribution in [0.25, 0.3) is 10.7 Å². The highest BCUT2D eigenvalue weighted by molar-refractivity contribution is 9.10. The molecule has 0 aliphatic rings. The number of carbonyl (C=O) groups is 1. The number of aryl methyl sites for hydroxylation is 2. The Balaban J connectivity index is 2.53. The van der Waals surface area contributed by atoms with Crippen molar-refractivity contribution in [2.75, 3.05) is 0 Å². The molecule has 0 bridgehead atoms. The molecule has 84 valence electrons. The molecule has 0 saturated carbocycles. The Kier molecular flexibility index (Phi) is 3.20. The Morgan fingerprint density at radius 3 is 2.94 bits per heavy atom. The summed E-state index contributed by atoms with van der Waals surface area (Å²) in [5.41, 5.74) is 1.91. The van der Waals surface area contributed by atoms with Crippen LogP contribution in [-0.4, -0.2) is 21.1 Å². The van der Waals surface area contributed by atoms with Gasteiger partial charge in [0.25, 0.3) is 0 Å². The van der Waals surface area contributed by atoms with Crippen LogP contribution in [0.2, 0.25) is 0 Å². The number of aldehydes is 1. The van der Waals surface area contributed by atoms with Crippen molar-refractivity contribution < 1.29 is 4.79 Å². The lowest BCUT2D eigenvalue weighted by Crippen LogP contribution is -1.98. The standard InChI is InChI=1S/C10H10BrN3OS/c1-3-14-7(4-6(2)13-14)10-12-9(11)8(5-15)16-10/h4-5H,3H2,1-2H3. The Morgan fingerprint density at radius 2 is 2.38 bits per heavy atom. The number of hydrogen-bond donors (Lipinski definition) is 0. The molecule has 0 fully saturated rings. The molecule has 6 heteroatoms. The molecule has 2 aromatic rings. The number of aromatic nitrogens is 3. The quantitative estimate of drug-likeness (QED) is 0.819. The third-order valence-corrected chi connectivity index (χ3v) is 4.01. The molecule has 0 aromatic carbocycles. The van der Waals surface area contributed by atoms with Gasteiger partial charge in [-0.2, -0.15) is 5.10 Å². The van der Waals surface area contributed by atoms with Crippen molar-refractivity contribution in [1.82, 2.24) is 14.8 Å². The summed E-state index contributed by atoms with van der Waals surface area (Å²) in [6, 6.07) is 1.98. The smallest absolute Gasteiger partial charge is 0.162 e. The van der Waals surface area contributed by atoms with Crippen molar-refractivity contribution in [3.05, 3.63) is 21.2 Å². The zero-order valence-corrected chi connectivity index (χ0v) is 11.3. The monoisotopic (exact) mass is 299 g/mol. The van der Waals surface area contributed by atoms with Crippen LogP contribution in [0.5, 0.6) is 0 Å². The molecule has 4 nitrogen and oxygen atoms in total. The minimum atomic E-state index is 0.601. The maximum absolute atomic E-state index is 10.7. The number of nitrogens with zero attached hydrogens (tertiary/aromatic N) is 3. The molecule has 0 aliphatic carbocycles. The number of thiazole rings is 1. The van der Waals surface area contributed by atoms with Gasteiger partial charge in [-0.05, 0) is 35.8 Å². The molecule has 0 N–H and O–H groups in total. The van der Waals surface area contributed by atoms with Crippen LogP contribution >= 0.6 is 27.3 Å². The highest BCUT2D eigenvalue weighted by atomic mass is 79.9. The molecule has 2 heterocycles. The van der Waals surface area contributed by atoms with E-state index in [2.05, 4.69) is 26.0 Å². The van der Waals surface area contributed by atoms with E-state index >= 15 is 0 Å². The van der Waals surface area contributed by atoms with Gasteiger partial charge in [0.15, 0.2) is 6.29 Å². The fourth-order valence-corrected chi connectivity index (χ4v) is 2.88. The van der Waals surface area contributed by atoms with Gasteiger partial charge in [0, 0.05) is 6.54 Å². The van der Waals surface area contributed by atoms with Crippen molar-refractivity contribution in [3.8, 4) is 10.7 Å². The Morgan fingerprint density at radius 1 is 1.62 bits per heavy atom. The van der Waals surface area contributed by atoms with Crippen LogP contribution in [0, 0.1) is 6.92 Å². The molecule has 0 radical (unpaired) electrons. The van der Waals surface area contributed by atoms with E-state index in [0.29, 0.717) is 9.48 Å². The summed E-state index contributed by atoms with van der Waals surface area (Å²) in [7, 11) is 0. The first kappa shape index (κ1) is 11.5. The van der Waals surface area contributed by atoms with Gasteiger partial charge >= 0.3 is 0 Å². The first-order valence-electron chi connectivity index (χ1n) is 4.82. The first-order chi connectivity index (χ1) is 7.65. The Labute approximate surface area is 105 Å². The molecule has 0 atom stereocenters. The maximum atomic E-state index is 10.7. The Hall–Kier alpha value is -1.01. The molecule has 0 aliphatic heterocycles. The number of rotatable bonds is 3. The van der Waals surface area contributed by atoms with E-state index in [1.54, 1.807) is 0 Å². The van der Waals surface area contributed by atoms with Gasteiger partial charge < -0.3 is 0 Å². The predicted molar refractivity (Wildman–Crippen MR) is 66.8 cm³/mol. The van der Waals surface area contributed by atoms with Crippen molar-refractivity contribution in [1.29, 1.82) is 0 Å². The largest absolute Gasteiger partial charge is 0.297 e. The number of halogens is 1. The molecule has 16 heavy (non-hydrogen) atoms. The minimum absolute atomic E-state index is 0.601. The predicted octanol–water partition coefficient (Wildman–Crippen LogP) is 2.91. The second-order valence-electron chi connectivity index (χ2n) is 3.28. The van der Waals surface area contributed by atoms with Gasteiger partial charge in [-0.1, -0.05) is 0 Å². The number of carbonyl (C=O) groups excluding carboxylic acids is 1. The van der Waals surface area contributed by atoms with Crippen LogP contribution in [0.1, 0.15) is 22.3 Å². The summed E-state index contributed by atoms with van der Waals surface area (Å²) in [5.74, 6) is 0. The van der Waals surface area contributed by atoms with Crippen LogP contribution in [0.15, 0.2) is 10.7 Å². The van der Waals surface area contributed by atoms with Gasteiger partial charge in [-0.15, -0.1) is 11.3 Å². The van der Waals surface area contributed by atoms with Crippen molar-refractivity contribution in [2.24, 2.45) is 0 Å². The fourth-order valence-electron chi connectivity index (χ4n) is 1.45. The molecule has 0 unspecified atom stereocenters. The van der Waals surface area contributed by atoms with E-state index in [4.69, 9.17) is 0 Å². The summed E-state index contributed by atoms with van der Waals surface area (Å²) in [4.78, 5) is 15.7. The second kappa shape index (κ2) is 4.47. The lowest BCUT2D eigenvalue weighted by molar-refractivity contribution is 0.112. The molecule has 0 amide bonds. The van der Waals surface area contributed by atoms with E-state index in [1.165, 1.54) is 11.3 Å². The highest BCUT2D eigenvalue weighted by Gasteiger charge is 2.14. The zero-order chi connectivity index (χ0) is 11.7. The van der Waals surface area contributed by atoms with Gasteiger partial charge in [-0.25, -0.2) is 4.98 Å². The van der Waals surface area contributed by atoms with Gasteiger partial charge in [0.05, 0.1) is 11.4 Å². The molecule has 2 rings (SSSR count). The lowest BCUT2D eigenvalue weighted by atomic mass is 10.4. The van der Waals surface area contributed by atoms with Crippen LogP contribution in [-0.2, 0) is 6.54 Å². The van der Waals surface area contributed by atoms with E-state index in [1.807, 2.05) is 24.6 Å². The summed E-state index contributed by atoms with van der Waals surface area (Å²) in [6.45, 7) is 4.76. The van der Waals surface area contributed by atoms with E-state index < -0.39 is 0 Å². The van der Waals surface area contributed by atoms with Gasteiger partial charge in [-0.3, -0.25) is 9.48 Å². The van der Waals surface area contributed by atoms with Crippen LogP contribution in [0.4, 0.5) is 0 Å². The van der Waals surface area contributed by atoms with Crippen molar-refractivity contribution in [3.63, 3.8) is 0 Å². The molecular weight excluding hydrogens is 290 g/mol. The SMILES string of the molecule is CCn1nc(C)cc1-c1nc(Br)c(C=O)s1. The maximum Gasteiger partial charge on any atom is 0.162 e. The average molecular weight is 300 g/mol. The van der Waals surface area contributed by atoms with Crippen molar-refractivity contribution >= 4 is 33.6 Å². The van der Waals surface area contributed by atoms with Crippen LogP contribution < -0.4 is 0 Å². The van der Waals surface area contributed by atoms with E-state index in [0.717, 1.165) is 29.2 Å². The third-order valence-electron chi connectivity index (χ3n) is 2.14. The van der Waals surface area contributed by atoms with Gasteiger partial charge in [0.1, 0.15) is 14.5 Å². The summed E-state index contributed by atoms with van der Waals surface area (Å²) in [6.07, 6.45) is 0.810. The van der Waals surface area contributed by atoms with Crippen LogP contribution in [0.3, 0.4) is 0 Å². The first-order valence-corrected chi connectivity index (χ1v) is 6.43. The average Bonchev–Trinajstić information content (AvgIpc) is 2.81. The van der Waals surface area contributed by atoms with Crippen molar-refractivity contribution in [2.45, 2.75) is 20.4 Å². The van der Waals surface area contributed by atoms with Gasteiger partial charge in [0.2, 0.25) is 0 Å². The van der Waals surface area contributed by atoms with E-state index in [-0.39, 0.29) is 0 Å². The van der Waals surface area contributed by atoms with E-state index in [9.17, 15) is 4.79 Å². The summed E-state index contributed by atoms with van der Waals surface area (Å²) in [5, 5.41) is 5.17. The Bertz CT molecular complexity index is 532. The minimum Gasteiger partial charge on any atom is -0.297 e. The fraction of sp³-hybridized carbons (Fsp3) is 0.300. The molecule has 0 spiro atoms. The normalized spacial score (nSPS) is 10.7. The highest BCUT2D eigenvalue weighted by Crippen LogP contribution is 2.30. The molecule has 2 aromatic heterocycles. The summed E-state index contributed by atoms with van der Waals surface area (Å²) < 4.78 is 2.49. The second-order valence-corrected chi connectivity index (χ2v) is 5.06. The number of hydrogen-bond acceptors (Lipinski definition) is 4.